The highest BCUT2D eigenvalue weighted by Crippen LogP contribution is 2.38. The zero-order valence-corrected chi connectivity index (χ0v) is 20.7. The van der Waals surface area contributed by atoms with Gasteiger partial charge in [-0.05, 0) is 49.8 Å². The summed E-state index contributed by atoms with van der Waals surface area (Å²) in [5, 5.41) is 19.0. The highest BCUT2D eigenvalue weighted by atomic mass is 16.2. The lowest BCUT2D eigenvalue weighted by molar-refractivity contribution is -0.127. The molecule has 2 heterocycles. The first-order chi connectivity index (χ1) is 17.5. The van der Waals surface area contributed by atoms with Gasteiger partial charge in [-0.15, -0.1) is 0 Å². The molecule has 2 aliphatic heterocycles. The number of hydrogen-bond acceptors (Lipinski definition) is 5. The van der Waals surface area contributed by atoms with Crippen molar-refractivity contribution in [1.82, 2.24) is 4.90 Å². The summed E-state index contributed by atoms with van der Waals surface area (Å²) in [5.41, 5.74) is 6.33. The van der Waals surface area contributed by atoms with E-state index in [1.807, 2.05) is 59.5 Å². The van der Waals surface area contributed by atoms with Gasteiger partial charge in [-0.1, -0.05) is 43.0 Å². The van der Waals surface area contributed by atoms with Crippen molar-refractivity contribution in [2.45, 2.75) is 13.8 Å². The molecule has 4 rings (SSSR count). The summed E-state index contributed by atoms with van der Waals surface area (Å²) in [6.07, 6.45) is 6.00. The molecule has 36 heavy (non-hydrogen) atoms. The van der Waals surface area contributed by atoms with Gasteiger partial charge >= 0.3 is 0 Å². The van der Waals surface area contributed by atoms with Crippen molar-refractivity contribution in [2.24, 2.45) is 0 Å². The number of amides is 1. The van der Waals surface area contributed by atoms with Crippen LogP contribution in [0.5, 0.6) is 0 Å². The molecule has 0 aromatic heterocycles. The van der Waals surface area contributed by atoms with Crippen LogP contribution in [0, 0.1) is 22.7 Å². The van der Waals surface area contributed by atoms with E-state index in [0.29, 0.717) is 24.2 Å². The molecule has 2 aromatic carbocycles. The zero-order valence-electron chi connectivity index (χ0n) is 20.7. The number of piperazine rings is 1. The third-order valence-electron chi connectivity index (χ3n) is 6.53. The molecule has 1 saturated heterocycles. The van der Waals surface area contributed by atoms with E-state index in [1.165, 1.54) is 0 Å². The van der Waals surface area contributed by atoms with Crippen LogP contribution in [0.2, 0.25) is 0 Å². The summed E-state index contributed by atoms with van der Waals surface area (Å²) in [6.45, 7) is 11.3. The van der Waals surface area contributed by atoms with Gasteiger partial charge in [-0.25, -0.2) is 0 Å². The summed E-state index contributed by atoms with van der Waals surface area (Å²) in [7, 11) is 0. The van der Waals surface area contributed by atoms with E-state index in [2.05, 4.69) is 47.6 Å². The lowest BCUT2D eigenvalue weighted by atomic mass is 9.93. The number of likely N-dealkylation sites (N-methyl/N-ethyl adjacent to an activating group) is 1. The topological polar surface area (TPSA) is 74.4 Å². The largest absolute Gasteiger partial charge is 0.368 e. The van der Waals surface area contributed by atoms with Crippen molar-refractivity contribution in [1.29, 1.82) is 10.5 Å². The smallest absolute Gasteiger partial charge is 0.249 e. The number of para-hydroxylation sites is 1. The number of allylic oxidation sites excluding steroid dienone is 4. The summed E-state index contributed by atoms with van der Waals surface area (Å²) < 4.78 is 0. The molecule has 0 radical (unpaired) electrons. The molecule has 0 saturated carbocycles. The molecule has 6 heteroatoms. The Kier molecular flexibility index (Phi) is 7.37. The second-order valence-corrected chi connectivity index (χ2v) is 8.83. The Morgan fingerprint density at radius 1 is 1.00 bits per heavy atom. The van der Waals surface area contributed by atoms with Crippen molar-refractivity contribution in [3.8, 4) is 12.1 Å². The van der Waals surface area contributed by atoms with Crippen LogP contribution in [0.4, 0.5) is 11.4 Å². The monoisotopic (exact) mass is 475 g/mol. The van der Waals surface area contributed by atoms with E-state index in [0.717, 1.165) is 47.8 Å². The number of anilines is 2. The quantitative estimate of drug-likeness (QED) is 0.442. The van der Waals surface area contributed by atoms with Crippen LogP contribution in [-0.2, 0) is 4.79 Å². The van der Waals surface area contributed by atoms with Crippen LogP contribution >= 0.6 is 0 Å². The van der Waals surface area contributed by atoms with Gasteiger partial charge in [0.1, 0.15) is 17.7 Å². The van der Waals surface area contributed by atoms with Crippen LogP contribution in [0.25, 0.3) is 11.6 Å². The maximum Gasteiger partial charge on any atom is 0.249 e. The molecule has 180 valence electrons. The van der Waals surface area contributed by atoms with E-state index in [4.69, 9.17) is 0 Å². The fourth-order valence-corrected chi connectivity index (χ4v) is 4.64. The number of fused-ring (bicyclic) bond motifs is 1. The third kappa shape index (κ3) is 4.94. The van der Waals surface area contributed by atoms with Gasteiger partial charge in [0.25, 0.3) is 0 Å². The van der Waals surface area contributed by atoms with Crippen LogP contribution in [-0.4, -0.2) is 43.5 Å². The van der Waals surface area contributed by atoms with Crippen LogP contribution in [0.1, 0.15) is 25.0 Å². The van der Waals surface area contributed by atoms with Crippen molar-refractivity contribution >= 4 is 28.9 Å². The summed E-state index contributed by atoms with van der Waals surface area (Å²) >= 11 is 0. The third-order valence-corrected chi connectivity index (χ3v) is 6.53. The molecule has 0 N–H and O–H groups in total. The standard InChI is InChI=1S/C30H29N5O/c1-4-35-26(19-28(24(20-31)21-32)27-7-5-6-8-29(27)35)14-11-23-9-12-25(13-10-23)33-15-17-34(18-16-33)30(36)22(2)3/h5-14,19H,2,4,15-18H2,1,3H3/b14-11+. The highest BCUT2D eigenvalue weighted by molar-refractivity contribution is 5.93. The average Bonchev–Trinajstić information content (AvgIpc) is 2.92. The molecule has 1 amide bonds. The second-order valence-electron chi connectivity index (χ2n) is 8.83. The SMILES string of the molecule is C=C(C)C(=O)N1CCN(c2ccc(/C=C/C3=CC(=C(C#N)C#N)c4ccccc4N3CC)cc2)CC1. The Morgan fingerprint density at radius 3 is 2.28 bits per heavy atom. The molecular formula is C30H29N5O. The average molecular weight is 476 g/mol. The van der Waals surface area contributed by atoms with Gasteiger partial charge in [0.2, 0.25) is 5.91 Å². The van der Waals surface area contributed by atoms with E-state index in [-0.39, 0.29) is 11.5 Å². The van der Waals surface area contributed by atoms with Crippen molar-refractivity contribution in [2.75, 3.05) is 42.5 Å². The zero-order chi connectivity index (χ0) is 25.7. The Labute approximate surface area is 213 Å². The van der Waals surface area contributed by atoms with Crippen molar-refractivity contribution in [3.05, 3.63) is 95.2 Å². The number of hydrogen-bond donors (Lipinski definition) is 0. The van der Waals surface area contributed by atoms with Gasteiger partial charge in [0.15, 0.2) is 0 Å². The van der Waals surface area contributed by atoms with Crippen LogP contribution in [0.3, 0.4) is 0 Å². The van der Waals surface area contributed by atoms with Gasteiger partial charge in [-0.3, -0.25) is 4.79 Å². The highest BCUT2D eigenvalue weighted by Gasteiger charge is 2.23. The Balaban J connectivity index is 1.53. The maximum atomic E-state index is 12.2. The minimum atomic E-state index is 0.0329. The van der Waals surface area contributed by atoms with E-state index in [1.54, 1.807) is 6.92 Å². The van der Waals surface area contributed by atoms with E-state index < -0.39 is 0 Å². The molecule has 6 nitrogen and oxygen atoms in total. The molecule has 0 aliphatic carbocycles. The molecule has 0 atom stereocenters. The second kappa shape index (κ2) is 10.8. The van der Waals surface area contributed by atoms with Crippen molar-refractivity contribution < 1.29 is 4.79 Å². The Bertz CT molecular complexity index is 1330. The predicted octanol–water partition coefficient (Wildman–Crippen LogP) is 5.15. The molecule has 1 fully saturated rings. The summed E-state index contributed by atoms with van der Waals surface area (Å²) in [5.74, 6) is 0.0329. The van der Waals surface area contributed by atoms with Gasteiger partial charge in [0.05, 0.1) is 0 Å². The number of rotatable bonds is 5. The predicted molar refractivity (Wildman–Crippen MR) is 145 cm³/mol. The first-order valence-corrected chi connectivity index (χ1v) is 12.1. The fourth-order valence-electron chi connectivity index (χ4n) is 4.64. The Morgan fingerprint density at radius 2 is 1.67 bits per heavy atom. The van der Waals surface area contributed by atoms with Gasteiger partial charge in [0, 0.05) is 66.5 Å². The number of nitriles is 2. The first kappa shape index (κ1) is 24.6. The first-order valence-electron chi connectivity index (χ1n) is 12.1. The lowest BCUT2D eigenvalue weighted by Crippen LogP contribution is -2.49. The molecule has 2 aliphatic rings. The van der Waals surface area contributed by atoms with Crippen LogP contribution in [0.15, 0.2) is 84.1 Å². The Hall–Kier alpha value is -4.55. The lowest BCUT2D eigenvalue weighted by Gasteiger charge is -2.36. The number of benzene rings is 2. The van der Waals surface area contributed by atoms with Gasteiger partial charge in [-0.2, -0.15) is 10.5 Å². The molecule has 0 bridgehead atoms. The molecule has 2 aromatic rings. The minimum Gasteiger partial charge on any atom is -0.368 e. The summed E-state index contributed by atoms with van der Waals surface area (Å²) in [6, 6.07) is 20.3. The molecule has 0 spiro atoms. The van der Waals surface area contributed by atoms with Crippen molar-refractivity contribution in [3.63, 3.8) is 0 Å². The minimum absolute atomic E-state index is 0.0329. The number of carbonyl (C=O) groups excluding carboxylic acids is 1. The molecule has 0 unspecified atom stereocenters. The molecular weight excluding hydrogens is 446 g/mol. The maximum absolute atomic E-state index is 12.2. The normalized spacial score (nSPS) is 15.2. The van der Waals surface area contributed by atoms with E-state index in [9.17, 15) is 15.3 Å². The number of carbonyl (C=O) groups is 1. The van der Waals surface area contributed by atoms with Crippen LogP contribution < -0.4 is 9.80 Å². The fraction of sp³-hybridized carbons (Fsp3) is 0.233. The van der Waals surface area contributed by atoms with Gasteiger partial charge < -0.3 is 14.7 Å². The summed E-state index contributed by atoms with van der Waals surface area (Å²) in [4.78, 5) is 18.5. The van der Waals surface area contributed by atoms with E-state index >= 15 is 0 Å². The number of nitrogens with zero attached hydrogens (tertiary/aromatic N) is 5.